The molecule has 0 saturated carbocycles. The van der Waals surface area contributed by atoms with Gasteiger partial charge in [0, 0.05) is 32.7 Å². The monoisotopic (exact) mass is 333 g/mol. The molecule has 2 saturated heterocycles. The lowest BCUT2D eigenvalue weighted by atomic mass is 10.0. The number of piperidine rings is 1. The normalized spacial score (nSPS) is 28.1. The molecule has 0 aromatic rings. The lowest BCUT2D eigenvalue weighted by molar-refractivity contribution is -0.140. The van der Waals surface area contributed by atoms with Gasteiger partial charge < -0.3 is 15.0 Å². The van der Waals surface area contributed by atoms with Crippen molar-refractivity contribution in [2.75, 3.05) is 39.0 Å². The molecule has 2 fully saturated rings. The van der Waals surface area contributed by atoms with Gasteiger partial charge in [0.15, 0.2) is 0 Å². The molecule has 2 aliphatic heterocycles. The van der Waals surface area contributed by atoms with Crippen molar-refractivity contribution < 1.29 is 17.9 Å². The second-order valence-corrected chi connectivity index (χ2v) is 8.30. The standard InChI is InChI=1S/C14H27N3O4S/c1-4-22(19,20)16(3)12-5-8-17(9-6-12)14(18)13-11(2)21-10-7-15-13/h11-13,15H,4-10H2,1-3H3/t11-,13+/m1/s1. The number of nitrogens with zero attached hydrogens (tertiary/aromatic N) is 2. The summed E-state index contributed by atoms with van der Waals surface area (Å²) in [5.41, 5.74) is 0. The number of hydrogen-bond acceptors (Lipinski definition) is 5. The Morgan fingerprint density at radius 2 is 2.00 bits per heavy atom. The van der Waals surface area contributed by atoms with Crippen molar-refractivity contribution >= 4 is 15.9 Å². The molecule has 2 aliphatic rings. The summed E-state index contributed by atoms with van der Waals surface area (Å²) in [4.78, 5) is 14.4. The molecule has 8 heteroatoms. The van der Waals surface area contributed by atoms with Crippen LogP contribution in [0.4, 0.5) is 0 Å². The molecule has 128 valence electrons. The Kier molecular flexibility index (Phi) is 5.81. The summed E-state index contributed by atoms with van der Waals surface area (Å²) >= 11 is 0. The van der Waals surface area contributed by atoms with E-state index < -0.39 is 10.0 Å². The second-order valence-electron chi connectivity index (χ2n) is 5.98. The third kappa shape index (κ3) is 3.79. The van der Waals surface area contributed by atoms with E-state index in [1.165, 1.54) is 4.31 Å². The average Bonchev–Trinajstić information content (AvgIpc) is 2.54. The van der Waals surface area contributed by atoms with Crippen molar-refractivity contribution in [1.29, 1.82) is 0 Å². The molecular weight excluding hydrogens is 306 g/mol. The summed E-state index contributed by atoms with van der Waals surface area (Å²) in [7, 11) is -1.53. The molecule has 2 rings (SSSR count). The van der Waals surface area contributed by atoms with Crippen molar-refractivity contribution in [2.45, 2.75) is 44.9 Å². The first-order chi connectivity index (χ1) is 10.4. The summed E-state index contributed by atoms with van der Waals surface area (Å²) in [6.45, 7) is 6.07. The highest BCUT2D eigenvalue weighted by molar-refractivity contribution is 7.89. The summed E-state index contributed by atoms with van der Waals surface area (Å²) in [6.07, 6.45) is 1.24. The van der Waals surface area contributed by atoms with E-state index in [0.29, 0.717) is 39.1 Å². The number of hydrogen-bond donors (Lipinski definition) is 1. The molecule has 0 radical (unpaired) electrons. The number of nitrogens with one attached hydrogen (secondary N) is 1. The maximum atomic E-state index is 12.5. The molecule has 0 aliphatic carbocycles. The first-order valence-corrected chi connectivity index (χ1v) is 9.57. The molecule has 22 heavy (non-hydrogen) atoms. The number of carbonyl (C=O) groups is 1. The van der Waals surface area contributed by atoms with Gasteiger partial charge >= 0.3 is 0 Å². The summed E-state index contributed by atoms with van der Waals surface area (Å²) < 4.78 is 30.8. The minimum atomic E-state index is -3.17. The van der Waals surface area contributed by atoms with Gasteiger partial charge in [0.1, 0.15) is 6.04 Å². The molecule has 2 atom stereocenters. The van der Waals surface area contributed by atoms with Crippen LogP contribution < -0.4 is 5.32 Å². The van der Waals surface area contributed by atoms with Crippen LogP contribution in [0, 0.1) is 0 Å². The van der Waals surface area contributed by atoms with Crippen molar-refractivity contribution in [3.05, 3.63) is 0 Å². The summed E-state index contributed by atoms with van der Waals surface area (Å²) in [6, 6.07) is -0.301. The zero-order valence-electron chi connectivity index (χ0n) is 13.6. The van der Waals surface area contributed by atoms with Crippen molar-refractivity contribution in [2.24, 2.45) is 0 Å². The van der Waals surface area contributed by atoms with Crippen LogP contribution >= 0.6 is 0 Å². The Hall–Kier alpha value is -0.700. The number of likely N-dealkylation sites (tertiary alicyclic amines) is 1. The first kappa shape index (κ1) is 17.7. The fraction of sp³-hybridized carbons (Fsp3) is 0.929. The highest BCUT2D eigenvalue weighted by Crippen LogP contribution is 2.20. The van der Waals surface area contributed by atoms with E-state index in [9.17, 15) is 13.2 Å². The van der Waals surface area contributed by atoms with Crippen molar-refractivity contribution in [3.63, 3.8) is 0 Å². The lowest BCUT2D eigenvalue weighted by Gasteiger charge is -2.39. The van der Waals surface area contributed by atoms with E-state index >= 15 is 0 Å². The van der Waals surface area contributed by atoms with Gasteiger partial charge in [-0.3, -0.25) is 4.79 Å². The van der Waals surface area contributed by atoms with Crippen LogP contribution in [-0.2, 0) is 19.6 Å². The van der Waals surface area contributed by atoms with Crippen LogP contribution in [0.5, 0.6) is 0 Å². The topological polar surface area (TPSA) is 79.0 Å². The van der Waals surface area contributed by atoms with Crippen LogP contribution in [0.2, 0.25) is 0 Å². The van der Waals surface area contributed by atoms with Crippen LogP contribution in [0.1, 0.15) is 26.7 Å². The van der Waals surface area contributed by atoms with Crippen LogP contribution in [0.3, 0.4) is 0 Å². The van der Waals surface area contributed by atoms with Gasteiger partial charge in [0.05, 0.1) is 18.5 Å². The first-order valence-electron chi connectivity index (χ1n) is 7.96. The minimum Gasteiger partial charge on any atom is -0.375 e. The molecule has 2 heterocycles. The van der Waals surface area contributed by atoms with Gasteiger partial charge in [0.2, 0.25) is 15.9 Å². The lowest BCUT2D eigenvalue weighted by Crippen LogP contribution is -2.58. The maximum absolute atomic E-state index is 12.5. The molecular formula is C14H27N3O4S. The van der Waals surface area contributed by atoms with Gasteiger partial charge in [-0.2, -0.15) is 0 Å². The van der Waals surface area contributed by atoms with E-state index in [-0.39, 0.29) is 29.8 Å². The molecule has 0 spiro atoms. The zero-order chi connectivity index (χ0) is 16.3. The number of ether oxygens (including phenoxy) is 1. The predicted molar refractivity (Wildman–Crippen MR) is 84.0 cm³/mol. The second kappa shape index (κ2) is 7.25. The fourth-order valence-electron chi connectivity index (χ4n) is 3.09. The summed E-state index contributed by atoms with van der Waals surface area (Å²) in [5.74, 6) is 0.176. The summed E-state index contributed by atoms with van der Waals surface area (Å²) in [5, 5.41) is 3.21. The quantitative estimate of drug-likeness (QED) is 0.760. The van der Waals surface area contributed by atoms with E-state index in [4.69, 9.17) is 4.74 Å². The van der Waals surface area contributed by atoms with E-state index in [1.54, 1.807) is 14.0 Å². The number of rotatable bonds is 4. The van der Waals surface area contributed by atoms with Gasteiger partial charge in [0.25, 0.3) is 0 Å². The number of sulfonamides is 1. The van der Waals surface area contributed by atoms with E-state index in [1.807, 2.05) is 11.8 Å². The third-order valence-electron chi connectivity index (χ3n) is 4.68. The van der Waals surface area contributed by atoms with Crippen LogP contribution in [0.15, 0.2) is 0 Å². The Balaban J connectivity index is 1.90. The number of amides is 1. The van der Waals surface area contributed by atoms with Crippen LogP contribution in [0.25, 0.3) is 0 Å². The predicted octanol–water partition coefficient (Wildman–Crippen LogP) is -0.364. The minimum absolute atomic E-state index is 0.0120. The Morgan fingerprint density at radius 3 is 2.55 bits per heavy atom. The zero-order valence-corrected chi connectivity index (χ0v) is 14.4. The number of morpholine rings is 1. The highest BCUT2D eigenvalue weighted by atomic mass is 32.2. The Labute approximate surface area is 133 Å². The van der Waals surface area contributed by atoms with Gasteiger partial charge in [-0.25, -0.2) is 12.7 Å². The fourth-order valence-corrected chi connectivity index (χ4v) is 4.16. The van der Waals surface area contributed by atoms with Gasteiger partial charge in [-0.1, -0.05) is 0 Å². The molecule has 0 aromatic heterocycles. The third-order valence-corrected chi connectivity index (χ3v) is 6.58. The molecule has 0 aromatic carbocycles. The highest BCUT2D eigenvalue weighted by Gasteiger charge is 2.35. The Bertz CT molecular complexity index is 488. The van der Waals surface area contributed by atoms with Crippen LogP contribution in [-0.4, -0.2) is 80.8 Å². The average molecular weight is 333 g/mol. The Morgan fingerprint density at radius 1 is 1.36 bits per heavy atom. The van der Waals surface area contributed by atoms with Crippen molar-refractivity contribution in [3.8, 4) is 0 Å². The molecule has 0 bridgehead atoms. The largest absolute Gasteiger partial charge is 0.375 e. The molecule has 7 nitrogen and oxygen atoms in total. The smallest absolute Gasteiger partial charge is 0.242 e. The molecule has 1 amide bonds. The maximum Gasteiger partial charge on any atom is 0.242 e. The van der Waals surface area contributed by atoms with E-state index in [0.717, 1.165) is 0 Å². The molecule has 0 unspecified atom stereocenters. The van der Waals surface area contributed by atoms with Crippen molar-refractivity contribution in [1.82, 2.24) is 14.5 Å². The SMILES string of the molecule is CCS(=O)(=O)N(C)C1CCN(C(=O)[C@H]2NCCO[C@@H]2C)CC1. The molecule has 1 N–H and O–H groups in total. The number of carbonyl (C=O) groups excluding carboxylic acids is 1. The van der Waals surface area contributed by atoms with E-state index in [2.05, 4.69) is 5.32 Å². The van der Waals surface area contributed by atoms with Gasteiger partial charge in [-0.15, -0.1) is 0 Å². The van der Waals surface area contributed by atoms with Gasteiger partial charge in [-0.05, 0) is 26.7 Å².